The summed E-state index contributed by atoms with van der Waals surface area (Å²) in [6.45, 7) is 3.11. The third-order valence-electron chi connectivity index (χ3n) is 4.97. The van der Waals surface area contributed by atoms with E-state index in [-0.39, 0.29) is 24.0 Å². The van der Waals surface area contributed by atoms with Crippen molar-refractivity contribution in [3.05, 3.63) is 40.3 Å². The van der Waals surface area contributed by atoms with Gasteiger partial charge in [-0.2, -0.15) is 13.2 Å². The van der Waals surface area contributed by atoms with Crippen LogP contribution in [0.15, 0.2) is 34.6 Å². The number of thiazole rings is 1. The Bertz CT molecular complexity index is 861. The van der Waals surface area contributed by atoms with Crippen molar-refractivity contribution in [2.45, 2.75) is 19.0 Å². The van der Waals surface area contributed by atoms with Gasteiger partial charge in [0.05, 0.1) is 17.8 Å². The molecule has 2 heterocycles. The normalized spacial score (nSPS) is 16.7. The molecule has 1 fully saturated rings. The molecule has 1 aromatic carbocycles. The van der Waals surface area contributed by atoms with Gasteiger partial charge in [-0.25, -0.2) is 4.98 Å². The van der Waals surface area contributed by atoms with Crippen LogP contribution < -0.4 is 20.3 Å². The number of nitrogens with one attached hydrogen (secondary N) is 2. The minimum atomic E-state index is -4.39. The highest BCUT2D eigenvalue weighted by atomic mass is 127. The Morgan fingerprint density at radius 3 is 2.77 bits per heavy atom. The zero-order valence-corrected chi connectivity index (χ0v) is 20.6. The third-order valence-corrected chi connectivity index (χ3v) is 5.88. The largest absolute Gasteiger partial charge is 0.495 e. The lowest BCUT2D eigenvalue weighted by molar-refractivity contribution is -0.140. The molecule has 3 rings (SSSR count). The lowest BCUT2D eigenvalue weighted by atomic mass is 10.1. The summed E-state index contributed by atoms with van der Waals surface area (Å²) in [7, 11) is 3.36. The van der Waals surface area contributed by atoms with Crippen LogP contribution in [-0.2, 0) is 12.6 Å². The molecule has 1 unspecified atom stereocenters. The van der Waals surface area contributed by atoms with Crippen LogP contribution in [0, 0.1) is 5.92 Å². The van der Waals surface area contributed by atoms with Crippen molar-refractivity contribution in [2.75, 3.05) is 45.2 Å². The predicted octanol–water partition coefficient (Wildman–Crippen LogP) is 4.02. The van der Waals surface area contributed by atoms with Gasteiger partial charge in [-0.05, 0) is 24.5 Å². The summed E-state index contributed by atoms with van der Waals surface area (Å²) in [5.41, 5.74) is 0.275. The van der Waals surface area contributed by atoms with Crippen molar-refractivity contribution < 1.29 is 17.9 Å². The maximum absolute atomic E-state index is 12.6. The molecular weight excluding hydrogens is 542 g/mol. The molecule has 0 aliphatic carbocycles. The Morgan fingerprint density at radius 1 is 1.32 bits per heavy atom. The van der Waals surface area contributed by atoms with Gasteiger partial charge in [0.2, 0.25) is 0 Å². The lowest BCUT2D eigenvalue weighted by Crippen LogP contribution is -2.41. The molecule has 0 radical (unpaired) electrons. The van der Waals surface area contributed by atoms with Gasteiger partial charge in [-0.1, -0.05) is 12.1 Å². The molecule has 0 amide bonds. The molecule has 1 aliphatic heterocycles. The highest BCUT2D eigenvalue weighted by Gasteiger charge is 2.33. The quantitative estimate of drug-likeness (QED) is 0.300. The molecule has 172 valence electrons. The molecule has 11 heteroatoms. The Morgan fingerprint density at radius 2 is 2.10 bits per heavy atom. The van der Waals surface area contributed by atoms with Gasteiger partial charge in [-0.3, -0.25) is 4.99 Å². The molecular formula is C20H27F3IN5OS. The molecule has 2 N–H and O–H groups in total. The fraction of sp³-hybridized carbons (Fsp3) is 0.500. The Kier molecular flexibility index (Phi) is 9.66. The number of guanidine groups is 1. The van der Waals surface area contributed by atoms with Crippen molar-refractivity contribution >= 4 is 47.0 Å². The molecule has 0 spiro atoms. The summed E-state index contributed by atoms with van der Waals surface area (Å²) in [5.74, 6) is 1.97. The number of methoxy groups -OCH3 is 1. The number of hydrogen-bond donors (Lipinski definition) is 2. The van der Waals surface area contributed by atoms with Crippen LogP contribution in [0.3, 0.4) is 0 Å². The maximum atomic E-state index is 12.6. The van der Waals surface area contributed by atoms with E-state index in [1.54, 1.807) is 14.2 Å². The highest BCUT2D eigenvalue weighted by molar-refractivity contribution is 14.0. The van der Waals surface area contributed by atoms with Crippen LogP contribution in [-0.4, -0.2) is 51.3 Å². The van der Waals surface area contributed by atoms with Gasteiger partial charge in [-0.15, -0.1) is 35.3 Å². The second-order valence-electron chi connectivity index (χ2n) is 7.03. The SMILES string of the molecule is CN=C(NCCc1nc(C(F)(F)F)cs1)NCC1CCN(c2ccccc2OC)C1.I. The number of halogens is 4. The fourth-order valence-corrected chi connectivity index (χ4v) is 4.22. The number of para-hydroxylation sites is 2. The minimum Gasteiger partial charge on any atom is -0.495 e. The number of hydrogen-bond acceptors (Lipinski definition) is 5. The summed E-state index contributed by atoms with van der Waals surface area (Å²) in [4.78, 5) is 10.2. The van der Waals surface area contributed by atoms with Crippen LogP contribution >= 0.6 is 35.3 Å². The summed E-state index contributed by atoms with van der Waals surface area (Å²) < 4.78 is 43.3. The van der Waals surface area contributed by atoms with E-state index >= 15 is 0 Å². The average molecular weight is 569 g/mol. The second kappa shape index (κ2) is 11.7. The maximum Gasteiger partial charge on any atom is 0.434 e. The summed E-state index contributed by atoms with van der Waals surface area (Å²) in [6, 6.07) is 8.00. The Labute approximate surface area is 201 Å². The van der Waals surface area contributed by atoms with Crippen molar-refractivity contribution in [3.8, 4) is 5.75 Å². The van der Waals surface area contributed by atoms with Gasteiger partial charge in [0.1, 0.15) is 5.75 Å². The summed E-state index contributed by atoms with van der Waals surface area (Å²) in [6.07, 6.45) is -2.92. The molecule has 1 atom stereocenters. The van der Waals surface area contributed by atoms with Gasteiger partial charge < -0.3 is 20.3 Å². The first kappa shape index (κ1) is 25.5. The molecule has 1 aliphatic rings. The topological polar surface area (TPSA) is 61.8 Å². The van der Waals surface area contributed by atoms with Gasteiger partial charge in [0.25, 0.3) is 0 Å². The summed E-state index contributed by atoms with van der Waals surface area (Å²) in [5, 5.41) is 7.96. The van der Waals surface area contributed by atoms with Crippen LogP contribution in [0.25, 0.3) is 0 Å². The van der Waals surface area contributed by atoms with Crippen LogP contribution in [0.2, 0.25) is 0 Å². The van der Waals surface area contributed by atoms with Gasteiger partial charge in [0.15, 0.2) is 11.7 Å². The number of nitrogens with zero attached hydrogens (tertiary/aromatic N) is 3. The fourth-order valence-electron chi connectivity index (χ4n) is 3.41. The second-order valence-corrected chi connectivity index (χ2v) is 7.97. The van der Waals surface area contributed by atoms with Crippen molar-refractivity contribution in [1.29, 1.82) is 0 Å². The zero-order valence-electron chi connectivity index (χ0n) is 17.4. The average Bonchev–Trinajstić information content (AvgIpc) is 3.40. The predicted molar refractivity (Wildman–Crippen MR) is 129 cm³/mol. The number of rotatable bonds is 7. The molecule has 1 aromatic heterocycles. The van der Waals surface area contributed by atoms with Crippen LogP contribution in [0.4, 0.5) is 18.9 Å². The Hall–Kier alpha value is -1.76. The van der Waals surface area contributed by atoms with Crippen molar-refractivity contribution in [2.24, 2.45) is 10.9 Å². The van der Waals surface area contributed by atoms with Gasteiger partial charge >= 0.3 is 6.18 Å². The zero-order chi connectivity index (χ0) is 21.6. The molecule has 6 nitrogen and oxygen atoms in total. The lowest BCUT2D eigenvalue weighted by Gasteiger charge is -2.21. The van der Waals surface area contributed by atoms with Gasteiger partial charge in [0, 0.05) is 45.0 Å². The summed E-state index contributed by atoms with van der Waals surface area (Å²) >= 11 is 1.02. The van der Waals surface area contributed by atoms with E-state index in [0.29, 0.717) is 29.9 Å². The minimum absolute atomic E-state index is 0. The first-order valence-corrected chi connectivity index (χ1v) is 10.6. The number of alkyl halides is 3. The molecule has 2 aromatic rings. The smallest absolute Gasteiger partial charge is 0.434 e. The van der Waals surface area contributed by atoms with Crippen molar-refractivity contribution in [1.82, 2.24) is 15.6 Å². The van der Waals surface area contributed by atoms with Crippen molar-refractivity contribution in [3.63, 3.8) is 0 Å². The van der Waals surface area contributed by atoms with Crippen LogP contribution in [0.5, 0.6) is 5.75 Å². The van der Waals surface area contributed by atoms with E-state index in [2.05, 4.69) is 31.6 Å². The number of anilines is 1. The Balaban J connectivity index is 0.00000341. The van der Waals surface area contributed by atoms with E-state index in [1.807, 2.05) is 18.2 Å². The standard InChI is InChI=1S/C20H26F3N5OS.HI/c1-24-19(25-9-7-18-27-17(13-30-18)20(21,22)23)26-11-14-8-10-28(12-14)15-5-3-4-6-16(15)29-2;/h3-6,13-14H,7-12H2,1-2H3,(H2,24,25,26);1H. The van der Waals surface area contributed by atoms with E-state index in [1.165, 1.54) is 0 Å². The van der Waals surface area contributed by atoms with E-state index in [4.69, 9.17) is 4.74 Å². The highest BCUT2D eigenvalue weighted by Crippen LogP contribution is 2.32. The first-order valence-electron chi connectivity index (χ1n) is 9.74. The molecule has 31 heavy (non-hydrogen) atoms. The van der Waals surface area contributed by atoms with E-state index < -0.39 is 11.9 Å². The van der Waals surface area contributed by atoms with E-state index in [0.717, 1.165) is 54.2 Å². The third kappa shape index (κ3) is 7.13. The number of benzene rings is 1. The molecule has 1 saturated heterocycles. The number of aliphatic imine (C=N–C) groups is 1. The van der Waals surface area contributed by atoms with E-state index in [9.17, 15) is 13.2 Å². The monoisotopic (exact) mass is 569 g/mol. The molecule has 0 bridgehead atoms. The number of ether oxygens (including phenoxy) is 1. The number of aromatic nitrogens is 1. The van der Waals surface area contributed by atoms with Crippen LogP contribution in [0.1, 0.15) is 17.1 Å². The molecule has 0 saturated carbocycles. The first-order chi connectivity index (χ1) is 14.4.